The Hall–Kier alpha value is -1.54. The third kappa shape index (κ3) is 11.1. The maximum Gasteiger partial charge on any atom is 0.315 e. The molecule has 0 aromatic heterocycles. The molecule has 0 heterocycles. The van der Waals surface area contributed by atoms with Crippen molar-refractivity contribution in [2.24, 2.45) is 0 Å². The summed E-state index contributed by atoms with van der Waals surface area (Å²) in [6.07, 6.45) is 0. The van der Waals surface area contributed by atoms with Gasteiger partial charge in [0.1, 0.15) is 0 Å². The van der Waals surface area contributed by atoms with Crippen molar-refractivity contribution in [1.29, 1.82) is 0 Å². The highest BCUT2D eigenvalue weighted by atomic mass is 32.2. The van der Waals surface area contributed by atoms with E-state index in [-0.39, 0.29) is 12.1 Å². The first kappa shape index (κ1) is 22.5. The van der Waals surface area contributed by atoms with E-state index < -0.39 is 0 Å². The summed E-state index contributed by atoms with van der Waals surface area (Å²) in [5.74, 6) is 3.95. The second kappa shape index (κ2) is 14.6. The van der Waals surface area contributed by atoms with Crippen LogP contribution in [0.1, 0.15) is 25.0 Å². The number of amides is 4. The van der Waals surface area contributed by atoms with Crippen LogP contribution in [0.5, 0.6) is 0 Å². The zero-order valence-corrected chi connectivity index (χ0v) is 17.2. The number of nitrogens with one attached hydrogen (secondary N) is 4. The fourth-order valence-corrected chi connectivity index (χ4v) is 3.17. The molecule has 4 N–H and O–H groups in total. The molecule has 0 fully saturated rings. The van der Waals surface area contributed by atoms with Crippen LogP contribution in [0.15, 0.2) is 24.3 Å². The average Bonchev–Trinajstić information content (AvgIpc) is 2.66. The van der Waals surface area contributed by atoms with E-state index in [2.05, 4.69) is 35.1 Å². The molecule has 0 saturated carbocycles. The summed E-state index contributed by atoms with van der Waals surface area (Å²) in [4.78, 5) is 23.5. The quantitative estimate of drug-likeness (QED) is 0.408. The number of carbonyl (C=O) groups is 2. The maximum atomic E-state index is 11.7. The third-order valence-corrected chi connectivity index (χ3v) is 5.17. The van der Waals surface area contributed by atoms with Gasteiger partial charge in [-0.2, -0.15) is 23.5 Å². The number of carbonyl (C=O) groups excluding carboxylic acids is 2. The second-order valence-electron chi connectivity index (χ2n) is 5.43. The molecular weight excluding hydrogens is 368 g/mol. The van der Waals surface area contributed by atoms with E-state index in [1.165, 1.54) is 0 Å². The van der Waals surface area contributed by atoms with Crippen LogP contribution in [0.25, 0.3) is 0 Å². The molecule has 0 aliphatic carbocycles. The largest absolute Gasteiger partial charge is 0.337 e. The number of benzene rings is 1. The van der Waals surface area contributed by atoms with Crippen LogP contribution < -0.4 is 21.3 Å². The molecule has 146 valence electrons. The average molecular weight is 399 g/mol. The standard InChI is InChI=1S/C18H30N4O2S2/c1-3-25-10-8-19-17(23)21-13-15-6-5-7-16(12-15)14-22-18(24)20-9-11-26-4-2/h5-7,12H,3-4,8-11,13-14H2,1-2H3,(H2,19,21,23)(H2,20,22,24). The van der Waals surface area contributed by atoms with Crippen LogP contribution in [-0.2, 0) is 13.1 Å². The monoisotopic (exact) mass is 398 g/mol. The smallest absolute Gasteiger partial charge is 0.315 e. The molecule has 0 atom stereocenters. The fourth-order valence-electron chi connectivity index (χ4n) is 2.10. The Balaban J connectivity index is 2.27. The molecule has 0 radical (unpaired) electrons. The lowest BCUT2D eigenvalue weighted by molar-refractivity contribution is 0.240. The van der Waals surface area contributed by atoms with Crippen LogP contribution in [0.3, 0.4) is 0 Å². The molecule has 1 aromatic rings. The number of thioether (sulfide) groups is 2. The Labute approximate surface area is 165 Å². The second-order valence-corrected chi connectivity index (χ2v) is 8.22. The Morgan fingerprint density at radius 1 is 0.808 bits per heavy atom. The molecule has 0 unspecified atom stereocenters. The summed E-state index contributed by atoms with van der Waals surface area (Å²) >= 11 is 3.60. The van der Waals surface area contributed by atoms with Gasteiger partial charge in [-0.3, -0.25) is 0 Å². The van der Waals surface area contributed by atoms with Crippen molar-refractivity contribution in [3.05, 3.63) is 35.4 Å². The van der Waals surface area contributed by atoms with Crippen molar-refractivity contribution in [1.82, 2.24) is 21.3 Å². The minimum absolute atomic E-state index is 0.158. The normalized spacial score (nSPS) is 10.2. The van der Waals surface area contributed by atoms with Gasteiger partial charge in [-0.15, -0.1) is 0 Å². The highest BCUT2D eigenvalue weighted by Gasteiger charge is 2.03. The highest BCUT2D eigenvalue weighted by Crippen LogP contribution is 2.05. The van der Waals surface area contributed by atoms with Gasteiger partial charge in [0.15, 0.2) is 0 Å². The number of urea groups is 2. The van der Waals surface area contributed by atoms with Crippen LogP contribution in [-0.4, -0.2) is 48.2 Å². The SMILES string of the molecule is CCSCCNC(=O)NCc1cccc(CNC(=O)NCCSCC)c1. The van der Waals surface area contributed by atoms with Crippen LogP contribution >= 0.6 is 23.5 Å². The van der Waals surface area contributed by atoms with Gasteiger partial charge in [0, 0.05) is 37.7 Å². The molecule has 1 rings (SSSR count). The minimum atomic E-state index is -0.158. The molecule has 1 aromatic carbocycles. The predicted octanol–water partition coefficient (Wildman–Crippen LogP) is 2.79. The molecule has 0 aliphatic rings. The molecule has 0 bridgehead atoms. The molecule has 6 nitrogen and oxygen atoms in total. The first-order valence-corrected chi connectivity index (χ1v) is 11.2. The van der Waals surface area contributed by atoms with Crippen LogP contribution in [0, 0.1) is 0 Å². The summed E-state index contributed by atoms with van der Waals surface area (Å²) in [6, 6.07) is 7.52. The highest BCUT2D eigenvalue weighted by molar-refractivity contribution is 7.99. The van der Waals surface area contributed by atoms with E-state index in [9.17, 15) is 9.59 Å². The van der Waals surface area contributed by atoms with Gasteiger partial charge in [-0.25, -0.2) is 9.59 Å². The summed E-state index contributed by atoms with van der Waals surface area (Å²) in [6.45, 7) is 6.45. The molecule has 0 saturated heterocycles. The summed E-state index contributed by atoms with van der Waals surface area (Å²) in [5, 5.41) is 11.4. The molecule has 8 heteroatoms. The van der Waals surface area contributed by atoms with Crippen molar-refractivity contribution < 1.29 is 9.59 Å². The lowest BCUT2D eigenvalue weighted by Gasteiger charge is -2.10. The molecule has 26 heavy (non-hydrogen) atoms. The Morgan fingerprint density at radius 3 is 1.69 bits per heavy atom. The van der Waals surface area contributed by atoms with Crippen molar-refractivity contribution in [2.75, 3.05) is 36.1 Å². The molecule has 0 aliphatic heterocycles. The first-order chi connectivity index (χ1) is 12.7. The van der Waals surface area contributed by atoms with E-state index in [0.29, 0.717) is 26.2 Å². The zero-order valence-electron chi connectivity index (χ0n) is 15.6. The Kier molecular flexibility index (Phi) is 12.6. The van der Waals surface area contributed by atoms with Crippen molar-refractivity contribution >= 4 is 35.6 Å². The van der Waals surface area contributed by atoms with Gasteiger partial charge in [0.25, 0.3) is 0 Å². The lowest BCUT2D eigenvalue weighted by atomic mass is 10.1. The topological polar surface area (TPSA) is 82.3 Å². The fraction of sp³-hybridized carbons (Fsp3) is 0.556. The third-order valence-electron chi connectivity index (χ3n) is 3.37. The Morgan fingerprint density at radius 2 is 1.27 bits per heavy atom. The van der Waals surface area contributed by atoms with E-state index in [4.69, 9.17) is 0 Å². The van der Waals surface area contributed by atoms with Gasteiger partial charge >= 0.3 is 12.1 Å². The van der Waals surface area contributed by atoms with Gasteiger partial charge in [0.2, 0.25) is 0 Å². The summed E-state index contributed by atoms with van der Waals surface area (Å²) < 4.78 is 0. The van der Waals surface area contributed by atoms with E-state index in [1.54, 1.807) is 23.5 Å². The Bertz CT molecular complexity index is 500. The number of rotatable bonds is 12. The molecular formula is C18H30N4O2S2. The maximum absolute atomic E-state index is 11.7. The molecule has 0 spiro atoms. The van der Waals surface area contributed by atoms with Gasteiger partial charge < -0.3 is 21.3 Å². The summed E-state index contributed by atoms with van der Waals surface area (Å²) in [7, 11) is 0. The zero-order chi connectivity index (χ0) is 19.0. The predicted molar refractivity (Wildman–Crippen MR) is 113 cm³/mol. The van der Waals surface area contributed by atoms with Crippen molar-refractivity contribution in [3.8, 4) is 0 Å². The van der Waals surface area contributed by atoms with Gasteiger partial charge in [-0.05, 0) is 22.6 Å². The van der Waals surface area contributed by atoms with E-state index in [0.717, 1.165) is 34.1 Å². The van der Waals surface area contributed by atoms with E-state index in [1.807, 2.05) is 24.3 Å². The first-order valence-electron chi connectivity index (χ1n) is 8.92. The number of hydrogen-bond donors (Lipinski definition) is 4. The van der Waals surface area contributed by atoms with Crippen molar-refractivity contribution in [3.63, 3.8) is 0 Å². The van der Waals surface area contributed by atoms with Crippen LogP contribution in [0.4, 0.5) is 9.59 Å². The van der Waals surface area contributed by atoms with Crippen LogP contribution in [0.2, 0.25) is 0 Å². The lowest BCUT2D eigenvalue weighted by Crippen LogP contribution is -2.36. The minimum Gasteiger partial charge on any atom is -0.337 e. The molecule has 4 amide bonds. The van der Waals surface area contributed by atoms with E-state index >= 15 is 0 Å². The van der Waals surface area contributed by atoms with Crippen molar-refractivity contribution in [2.45, 2.75) is 26.9 Å². The van der Waals surface area contributed by atoms with Gasteiger partial charge in [-0.1, -0.05) is 38.1 Å². The van der Waals surface area contributed by atoms with Gasteiger partial charge in [0.05, 0.1) is 0 Å². The number of hydrogen-bond acceptors (Lipinski definition) is 4. The summed E-state index contributed by atoms with van der Waals surface area (Å²) in [5.41, 5.74) is 2.00.